The lowest BCUT2D eigenvalue weighted by Crippen LogP contribution is -2.52. The second-order valence-electron chi connectivity index (χ2n) is 8.03. The van der Waals surface area contributed by atoms with E-state index in [1.807, 2.05) is 12.2 Å². The van der Waals surface area contributed by atoms with E-state index < -0.39 is 0 Å². The van der Waals surface area contributed by atoms with Gasteiger partial charge in [-0.3, -0.25) is 4.79 Å². The fraction of sp³-hybridized carbons (Fsp3) is 0.714. The third-order valence-electron chi connectivity index (χ3n) is 6.03. The van der Waals surface area contributed by atoms with E-state index in [1.165, 1.54) is 50.3 Å². The van der Waals surface area contributed by atoms with Gasteiger partial charge in [0.2, 0.25) is 0 Å². The molecule has 3 aliphatic rings. The molecule has 0 atom stereocenters. The number of hydrogen-bond donors (Lipinski definition) is 1. The van der Waals surface area contributed by atoms with Gasteiger partial charge < -0.3 is 10.2 Å². The van der Waals surface area contributed by atoms with Gasteiger partial charge in [-0.2, -0.15) is 0 Å². The predicted octanol–water partition coefficient (Wildman–Crippen LogP) is 5.36. The molecule has 0 aromatic rings. The Morgan fingerprint density at radius 3 is 2.35 bits per heavy atom. The van der Waals surface area contributed by atoms with Gasteiger partial charge in [0.15, 0.2) is 6.29 Å². The molecule has 144 valence electrons. The largest absolute Gasteiger partial charge is 0.322 e. The highest BCUT2D eigenvalue weighted by Gasteiger charge is 2.33. The molecule has 5 heteroatoms. The highest BCUT2D eigenvalue weighted by molar-refractivity contribution is 8.07. The van der Waals surface area contributed by atoms with Gasteiger partial charge in [0.25, 0.3) is 0 Å². The topological polar surface area (TPSA) is 49.4 Å². The normalized spacial score (nSPS) is 27.7. The summed E-state index contributed by atoms with van der Waals surface area (Å²) in [4.78, 5) is 27.2. The summed E-state index contributed by atoms with van der Waals surface area (Å²) in [5.74, 6) is 0.780. The van der Waals surface area contributed by atoms with Crippen molar-refractivity contribution < 1.29 is 9.59 Å². The van der Waals surface area contributed by atoms with Crippen LogP contribution in [0.3, 0.4) is 0 Å². The Bertz CT molecular complexity index is 556. The highest BCUT2D eigenvalue weighted by atomic mass is 32.2. The lowest BCUT2D eigenvalue weighted by molar-refractivity contribution is -0.104. The molecule has 1 aliphatic heterocycles. The molecule has 0 radical (unpaired) electrons. The molecule has 2 fully saturated rings. The van der Waals surface area contributed by atoms with E-state index in [2.05, 4.69) is 17.1 Å². The minimum Gasteiger partial charge on any atom is -0.319 e. The molecule has 1 heterocycles. The predicted molar refractivity (Wildman–Crippen MR) is 108 cm³/mol. The van der Waals surface area contributed by atoms with Gasteiger partial charge in [-0.05, 0) is 56.9 Å². The highest BCUT2D eigenvalue weighted by Crippen LogP contribution is 2.33. The Labute approximate surface area is 161 Å². The van der Waals surface area contributed by atoms with Crippen molar-refractivity contribution in [2.45, 2.75) is 89.6 Å². The van der Waals surface area contributed by atoms with Crippen LogP contribution < -0.4 is 5.32 Å². The molecule has 0 aromatic heterocycles. The van der Waals surface area contributed by atoms with Gasteiger partial charge in [0.1, 0.15) is 0 Å². The van der Waals surface area contributed by atoms with Crippen molar-refractivity contribution in [1.82, 2.24) is 10.2 Å². The molecule has 2 amide bonds. The van der Waals surface area contributed by atoms with Gasteiger partial charge in [0.05, 0.1) is 5.03 Å². The lowest BCUT2D eigenvalue weighted by atomic mass is 9.85. The molecule has 26 heavy (non-hydrogen) atoms. The molecule has 0 saturated heterocycles. The van der Waals surface area contributed by atoms with Gasteiger partial charge in [-0.15, -0.1) is 0 Å². The van der Waals surface area contributed by atoms with Gasteiger partial charge in [0, 0.05) is 17.0 Å². The van der Waals surface area contributed by atoms with Gasteiger partial charge in [-0.1, -0.05) is 50.4 Å². The fourth-order valence-electron chi connectivity index (χ4n) is 4.50. The standard InChI is InChI=1S/C21H32N2O2S/c1-16-11-13-18(14-12-16)23(17-7-4-2-3-5-8-17)21(25)22-20-10-6-9-19(15-24)26-20/h9-10,15-18H,2-8,11-14H2,1H3,(H,22,25). The zero-order valence-electron chi connectivity index (χ0n) is 15.9. The van der Waals surface area contributed by atoms with Crippen molar-refractivity contribution in [3.05, 3.63) is 22.1 Å². The molecule has 4 nitrogen and oxygen atoms in total. The zero-order valence-corrected chi connectivity index (χ0v) is 16.7. The first-order chi connectivity index (χ1) is 12.7. The van der Waals surface area contributed by atoms with Crippen LogP contribution in [-0.4, -0.2) is 29.3 Å². The van der Waals surface area contributed by atoms with Crippen LogP contribution in [-0.2, 0) is 4.79 Å². The smallest absolute Gasteiger partial charge is 0.319 e. The minimum absolute atomic E-state index is 0.0438. The van der Waals surface area contributed by atoms with Crippen LogP contribution >= 0.6 is 11.8 Å². The van der Waals surface area contributed by atoms with Crippen molar-refractivity contribution in [3.63, 3.8) is 0 Å². The third kappa shape index (κ3) is 5.15. The maximum atomic E-state index is 13.3. The van der Waals surface area contributed by atoms with Crippen molar-refractivity contribution >= 4 is 24.1 Å². The number of rotatable bonds is 4. The van der Waals surface area contributed by atoms with Crippen LogP contribution in [0.2, 0.25) is 0 Å². The SMILES string of the molecule is CC1CCC(N(C(=O)NC2=CCC=C(C=O)S2)C2CCCCCC2)CC1. The van der Waals surface area contributed by atoms with E-state index in [9.17, 15) is 9.59 Å². The number of hydrogen-bond acceptors (Lipinski definition) is 3. The van der Waals surface area contributed by atoms with Crippen LogP contribution in [0.1, 0.15) is 77.6 Å². The summed E-state index contributed by atoms with van der Waals surface area (Å²) in [6.07, 6.45) is 17.5. The first-order valence-corrected chi connectivity index (χ1v) is 11.1. The van der Waals surface area contributed by atoms with Crippen LogP contribution in [0.5, 0.6) is 0 Å². The molecule has 2 saturated carbocycles. The second-order valence-corrected chi connectivity index (χ2v) is 9.14. The van der Waals surface area contributed by atoms with E-state index in [1.54, 1.807) is 0 Å². The van der Waals surface area contributed by atoms with Crippen LogP contribution in [0.4, 0.5) is 4.79 Å². The van der Waals surface area contributed by atoms with Crippen molar-refractivity contribution in [2.24, 2.45) is 5.92 Å². The molecular weight excluding hydrogens is 344 g/mol. The number of carbonyl (C=O) groups is 2. The quantitative estimate of drug-likeness (QED) is 0.531. The summed E-state index contributed by atoms with van der Waals surface area (Å²) < 4.78 is 0. The van der Waals surface area contributed by atoms with Gasteiger partial charge >= 0.3 is 6.03 Å². The number of nitrogens with zero attached hydrogens (tertiary/aromatic N) is 1. The maximum absolute atomic E-state index is 13.3. The molecule has 0 spiro atoms. The maximum Gasteiger partial charge on any atom is 0.322 e. The number of nitrogens with one attached hydrogen (secondary N) is 1. The van der Waals surface area contributed by atoms with E-state index in [0.717, 1.165) is 42.9 Å². The fourth-order valence-corrected chi connectivity index (χ4v) is 5.30. The summed E-state index contributed by atoms with van der Waals surface area (Å²) >= 11 is 1.37. The number of allylic oxidation sites excluding steroid dienone is 3. The summed E-state index contributed by atoms with van der Waals surface area (Å²) in [5, 5.41) is 3.93. The monoisotopic (exact) mass is 376 g/mol. The van der Waals surface area contributed by atoms with E-state index in [-0.39, 0.29) is 6.03 Å². The Morgan fingerprint density at radius 1 is 1.04 bits per heavy atom. The zero-order chi connectivity index (χ0) is 18.4. The third-order valence-corrected chi connectivity index (χ3v) is 7.01. The Hall–Kier alpha value is -1.23. The second kappa shape index (κ2) is 9.63. The lowest BCUT2D eigenvalue weighted by Gasteiger charge is -2.41. The van der Waals surface area contributed by atoms with Crippen molar-refractivity contribution in [1.29, 1.82) is 0 Å². The molecule has 0 bridgehead atoms. The summed E-state index contributed by atoms with van der Waals surface area (Å²) in [7, 11) is 0. The number of amides is 2. The Balaban J connectivity index is 1.70. The van der Waals surface area contributed by atoms with E-state index in [0.29, 0.717) is 23.4 Å². The molecule has 2 aliphatic carbocycles. The summed E-state index contributed by atoms with van der Waals surface area (Å²) in [6.45, 7) is 2.32. The molecule has 0 unspecified atom stereocenters. The molecule has 1 N–H and O–H groups in total. The van der Waals surface area contributed by atoms with Crippen molar-refractivity contribution in [2.75, 3.05) is 0 Å². The van der Waals surface area contributed by atoms with Crippen LogP contribution in [0.25, 0.3) is 0 Å². The van der Waals surface area contributed by atoms with Crippen LogP contribution in [0, 0.1) is 5.92 Å². The number of carbonyl (C=O) groups excluding carboxylic acids is 2. The summed E-state index contributed by atoms with van der Waals surface area (Å²) in [6, 6.07) is 0.776. The number of urea groups is 1. The van der Waals surface area contributed by atoms with E-state index >= 15 is 0 Å². The molecular formula is C21H32N2O2S. The van der Waals surface area contributed by atoms with Crippen LogP contribution in [0.15, 0.2) is 22.1 Å². The first-order valence-electron chi connectivity index (χ1n) is 10.3. The van der Waals surface area contributed by atoms with Crippen molar-refractivity contribution in [3.8, 4) is 0 Å². The number of aldehydes is 1. The molecule has 0 aromatic carbocycles. The van der Waals surface area contributed by atoms with Gasteiger partial charge in [-0.25, -0.2) is 4.79 Å². The number of thioether (sulfide) groups is 1. The molecule has 3 rings (SSSR count). The first kappa shape index (κ1) is 19.5. The average molecular weight is 377 g/mol. The minimum atomic E-state index is 0.0438. The Morgan fingerprint density at radius 2 is 1.69 bits per heavy atom. The average Bonchev–Trinajstić information content (AvgIpc) is 2.93. The Kier molecular flexibility index (Phi) is 7.23. The van der Waals surface area contributed by atoms with E-state index in [4.69, 9.17) is 0 Å². The summed E-state index contributed by atoms with van der Waals surface area (Å²) in [5.41, 5.74) is 0.